The lowest BCUT2D eigenvalue weighted by molar-refractivity contribution is 0.418. The van der Waals surface area contributed by atoms with Crippen LogP contribution in [0.2, 0.25) is 0 Å². The van der Waals surface area contributed by atoms with Crippen LogP contribution >= 0.6 is 0 Å². The first-order valence-electron chi connectivity index (χ1n) is 11.0. The Morgan fingerprint density at radius 3 is 1.50 bits per heavy atom. The van der Waals surface area contributed by atoms with Crippen LogP contribution in [0, 0.1) is 11.8 Å². The Morgan fingerprint density at radius 1 is 0.542 bits per heavy atom. The minimum atomic E-state index is 0.662. The molecule has 0 spiro atoms. The second-order valence-electron chi connectivity index (χ2n) is 8.45. The summed E-state index contributed by atoms with van der Waals surface area (Å²) in [5.74, 6) is 1.60. The van der Waals surface area contributed by atoms with Crippen molar-refractivity contribution in [2.75, 3.05) is 19.6 Å². The van der Waals surface area contributed by atoms with Gasteiger partial charge in [-0.1, -0.05) is 72.6 Å². The molecule has 0 bridgehead atoms. The average molecular weight is 341 g/mol. The normalized spacial score (nSPS) is 13.1. The van der Waals surface area contributed by atoms with Gasteiger partial charge in [0, 0.05) is 6.04 Å². The summed E-state index contributed by atoms with van der Waals surface area (Å²) >= 11 is 0. The number of hydrogen-bond donors (Lipinski definition) is 2. The molecule has 0 radical (unpaired) electrons. The van der Waals surface area contributed by atoms with Crippen molar-refractivity contribution in [3.63, 3.8) is 0 Å². The van der Waals surface area contributed by atoms with Gasteiger partial charge in [-0.2, -0.15) is 0 Å². The lowest BCUT2D eigenvalue weighted by Gasteiger charge is -2.17. The van der Waals surface area contributed by atoms with E-state index in [1.54, 1.807) is 0 Å². The third-order valence-corrected chi connectivity index (χ3v) is 5.13. The third-order valence-electron chi connectivity index (χ3n) is 5.13. The standard InChI is InChI=1S/C22H48N2/c1-20(2)16-15-18-23-17-13-11-9-7-6-8-10-12-14-19-24-22(5)21(3)4/h20-24H,6-19H2,1-5H3. The van der Waals surface area contributed by atoms with Crippen LogP contribution < -0.4 is 10.6 Å². The van der Waals surface area contributed by atoms with Crippen molar-refractivity contribution in [1.29, 1.82) is 0 Å². The Morgan fingerprint density at radius 2 is 1.00 bits per heavy atom. The van der Waals surface area contributed by atoms with Gasteiger partial charge in [0.1, 0.15) is 0 Å². The number of hydrogen-bond acceptors (Lipinski definition) is 2. The van der Waals surface area contributed by atoms with E-state index in [0.717, 1.165) is 11.8 Å². The molecule has 0 amide bonds. The second kappa shape index (κ2) is 17.7. The Bertz CT molecular complexity index is 238. The van der Waals surface area contributed by atoms with E-state index in [4.69, 9.17) is 0 Å². The SMILES string of the molecule is CC(C)CCCNCCCCCCCCCCCNC(C)C(C)C. The van der Waals surface area contributed by atoms with Gasteiger partial charge in [-0.05, 0) is 64.1 Å². The molecular weight excluding hydrogens is 292 g/mol. The zero-order valence-corrected chi connectivity index (χ0v) is 17.6. The van der Waals surface area contributed by atoms with Gasteiger partial charge in [-0.15, -0.1) is 0 Å². The molecule has 24 heavy (non-hydrogen) atoms. The molecule has 1 atom stereocenters. The Labute approximate surface area is 154 Å². The highest BCUT2D eigenvalue weighted by molar-refractivity contribution is 4.63. The molecular formula is C22H48N2. The fraction of sp³-hybridized carbons (Fsp3) is 1.00. The van der Waals surface area contributed by atoms with E-state index in [-0.39, 0.29) is 0 Å². The van der Waals surface area contributed by atoms with E-state index in [9.17, 15) is 0 Å². The molecule has 1 unspecified atom stereocenters. The van der Waals surface area contributed by atoms with E-state index in [0.29, 0.717) is 6.04 Å². The molecule has 0 aromatic heterocycles. The van der Waals surface area contributed by atoms with Gasteiger partial charge in [0.15, 0.2) is 0 Å². The van der Waals surface area contributed by atoms with Crippen molar-refractivity contribution >= 4 is 0 Å². The zero-order chi connectivity index (χ0) is 18.0. The van der Waals surface area contributed by atoms with Crippen molar-refractivity contribution in [2.45, 2.75) is 111 Å². The molecule has 2 heteroatoms. The summed E-state index contributed by atoms with van der Waals surface area (Å²) in [4.78, 5) is 0. The van der Waals surface area contributed by atoms with E-state index >= 15 is 0 Å². The molecule has 0 aromatic carbocycles. The van der Waals surface area contributed by atoms with E-state index < -0.39 is 0 Å². The van der Waals surface area contributed by atoms with E-state index in [1.807, 2.05) is 0 Å². The Kier molecular flexibility index (Phi) is 17.7. The van der Waals surface area contributed by atoms with Crippen LogP contribution in [-0.4, -0.2) is 25.7 Å². The maximum absolute atomic E-state index is 3.62. The fourth-order valence-electron chi connectivity index (χ4n) is 2.94. The molecule has 0 aliphatic rings. The van der Waals surface area contributed by atoms with Gasteiger partial charge in [-0.3, -0.25) is 0 Å². The summed E-state index contributed by atoms with van der Waals surface area (Å²) in [6.07, 6.45) is 15.4. The predicted octanol–water partition coefficient (Wildman–Crippen LogP) is 6.16. The summed E-state index contributed by atoms with van der Waals surface area (Å²) in [7, 11) is 0. The molecule has 2 N–H and O–H groups in total. The number of unbranched alkanes of at least 4 members (excludes halogenated alkanes) is 8. The monoisotopic (exact) mass is 340 g/mol. The van der Waals surface area contributed by atoms with Crippen molar-refractivity contribution in [3.05, 3.63) is 0 Å². The summed E-state index contributed by atoms with van der Waals surface area (Å²) in [6.45, 7) is 15.1. The van der Waals surface area contributed by atoms with Gasteiger partial charge < -0.3 is 10.6 Å². The molecule has 0 aliphatic carbocycles. The van der Waals surface area contributed by atoms with Crippen molar-refractivity contribution < 1.29 is 0 Å². The van der Waals surface area contributed by atoms with Crippen molar-refractivity contribution in [1.82, 2.24) is 10.6 Å². The maximum atomic E-state index is 3.62. The maximum Gasteiger partial charge on any atom is 0.00617 e. The van der Waals surface area contributed by atoms with Gasteiger partial charge in [0.25, 0.3) is 0 Å². The Hall–Kier alpha value is -0.0800. The smallest absolute Gasteiger partial charge is 0.00617 e. The van der Waals surface area contributed by atoms with Crippen LogP contribution in [0.25, 0.3) is 0 Å². The average Bonchev–Trinajstić information content (AvgIpc) is 2.53. The van der Waals surface area contributed by atoms with E-state index in [2.05, 4.69) is 45.3 Å². The van der Waals surface area contributed by atoms with Gasteiger partial charge >= 0.3 is 0 Å². The molecule has 0 aromatic rings. The minimum absolute atomic E-state index is 0.662. The van der Waals surface area contributed by atoms with Crippen LogP contribution in [0.15, 0.2) is 0 Å². The summed E-state index contributed by atoms with van der Waals surface area (Å²) in [5, 5.41) is 7.21. The molecule has 0 fully saturated rings. The van der Waals surface area contributed by atoms with Crippen molar-refractivity contribution in [2.24, 2.45) is 11.8 Å². The molecule has 0 heterocycles. The third kappa shape index (κ3) is 18.3. The summed E-state index contributed by atoms with van der Waals surface area (Å²) in [5.41, 5.74) is 0. The van der Waals surface area contributed by atoms with Gasteiger partial charge in [-0.25, -0.2) is 0 Å². The van der Waals surface area contributed by atoms with Crippen LogP contribution in [-0.2, 0) is 0 Å². The highest BCUT2D eigenvalue weighted by Crippen LogP contribution is 2.09. The first-order valence-corrected chi connectivity index (χ1v) is 11.0. The van der Waals surface area contributed by atoms with Gasteiger partial charge in [0.05, 0.1) is 0 Å². The molecule has 2 nitrogen and oxygen atoms in total. The van der Waals surface area contributed by atoms with Gasteiger partial charge in [0.2, 0.25) is 0 Å². The quantitative estimate of drug-likeness (QED) is 0.292. The Balaban J connectivity index is 3.05. The highest BCUT2D eigenvalue weighted by Gasteiger charge is 2.04. The highest BCUT2D eigenvalue weighted by atomic mass is 14.9. The molecule has 0 saturated heterocycles. The van der Waals surface area contributed by atoms with Crippen LogP contribution in [0.5, 0.6) is 0 Å². The fourth-order valence-corrected chi connectivity index (χ4v) is 2.94. The molecule has 146 valence electrons. The minimum Gasteiger partial charge on any atom is -0.317 e. The van der Waals surface area contributed by atoms with Crippen LogP contribution in [0.4, 0.5) is 0 Å². The lowest BCUT2D eigenvalue weighted by Crippen LogP contribution is -2.31. The number of rotatable bonds is 18. The van der Waals surface area contributed by atoms with Crippen molar-refractivity contribution in [3.8, 4) is 0 Å². The lowest BCUT2D eigenvalue weighted by atomic mass is 10.1. The molecule has 0 aliphatic heterocycles. The van der Waals surface area contributed by atoms with E-state index in [1.165, 1.54) is 90.3 Å². The zero-order valence-electron chi connectivity index (χ0n) is 17.6. The second-order valence-corrected chi connectivity index (χ2v) is 8.45. The number of nitrogens with one attached hydrogen (secondary N) is 2. The first-order chi connectivity index (χ1) is 11.5. The van der Waals surface area contributed by atoms with Crippen LogP contribution in [0.3, 0.4) is 0 Å². The first kappa shape index (κ1) is 23.9. The molecule has 0 saturated carbocycles. The van der Waals surface area contributed by atoms with Crippen LogP contribution in [0.1, 0.15) is 105 Å². The largest absolute Gasteiger partial charge is 0.317 e. The molecule has 0 rings (SSSR count). The topological polar surface area (TPSA) is 24.1 Å². The predicted molar refractivity (Wildman–Crippen MR) is 111 cm³/mol. The summed E-state index contributed by atoms with van der Waals surface area (Å²) < 4.78 is 0. The summed E-state index contributed by atoms with van der Waals surface area (Å²) in [6, 6.07) is 0.662.